The predicted molar refractivity (Wildman–Crippen MR) is 162 cm³/mol. The summed E-state index contributed by atoms with van der Waals surface area (Å²) in [6, 6.07) is 24.5. The smallest absolute Gasteiger partial charge is 0.261 e. The lowest BCUT2D eigenvalue weighted by Gasteiger charge is -2.47. The Hall–Kier alpha value is -2.31. The Morgan fingerprint density at radius 3 is 1.92 bits per heavy atom. The van der Waals surface area contributed by atoms with Gasteiger partial charge in [0.05, 0.1) is 15.5 Å². The lowest BCUT2D eigenvalue weighted by atomic mass is 9.72. The summed E-state index contributed by atoms with van der Waals surface area (Å²) in [6.45, 7) is 7.97. The molecule has 1 amide bonds. The van der Waals surface area contributed by atoms with Crippen molar-refractivity contribution in [1.82, 2.24) is 4.90 Å². The van der Waals surface area contributed by atoms with Crippen molar-refractivity contribution in [3.05, 3.63) is 88.4 Å². The standard InChI is InChI=1S/C32H37Cl2NO3Si/c1-31(2,3)39(25-10-6-4-7-11-25,26-12-8-5-9-13-26)38-24-14-16-32(17-15-24)18-19-35(30(32)37)22-27-28(33)20-23(36)21-29(27)34/h4-13,20-21,24,36H,14-19,22H2,1-3H3. The zero-order valence-corrected chi connectivity index (χ0v) is 25.4. The van der Waals surface area contributed by atoms with Crippen molar-refractivity contribution in [3.63, 3.8) is 0 Å². The van der Waals surface area contributed by atoms with E-state index in [4.69, 9.17) is 27.6 Å². The van der Waals surface area contributed by atoms with Gasteiger partial charge in [-0.15, -0.1) is 0 Å². The monoisotopic (exact) mass is 581 g/mol. The van der Waals surface area contributed by atoms with Crippen LogP contribution in [0.15, 0.2) is 72.8 Å². The maximum absolute atomic E-state index is 13.7. The molecule has 1 heterocycles. The lowest BCUT2D eigenvalue weighted by Crippen LogP contribution is -2.68. The van der Waals surface area contributed by atoms with Crippen LogP contribution in [0.25, 0.3) is 0 Å². The minimum atomic E-state index is -2.63. The number of hydrogen-bond donors (Lipinski definition) is 1. The molecule has 1 aliphatic carbocycles. The molecule has 3 aromatic carbocycles. The minimum absolute atomic E-state index is 0.0252. The van der Waals surface area contributed by atoms with Gasteiger partial charge in [-0.05, 0) is 59.6 Å². The highest BCUT2D eigenvalue weighted by molar-refractivity contribution is 6.99. The summed E-state index contributed by atoms with van der Waals surface area (Å²) in [4.78, 5) is 15.6. The van der Waals surface area contributed by atoms with Crippen molar-refractivity contribution in [1.29, 1.82) is 0 Å². The third kappa shape index (κ3) is 5.27. The predicted octanol–water partition coefficient (Wildman–Crippen LogP) is 6.94. The molecular formula is C32H37Cl2NO3Si. The van der Waals surface area contributed by atoms with E-state index in [1.165, 1.54) is 22.5 Å². The van der Waals surface area contributed by atoms with Gasteiger partial charge in [-0.1, -0.05) is 105 Å². The number of likely N-dealkylation sites (tertiary alicyclic amines) is 1. The first-order valence-corrected chi connectivity index (χ1v) is 16.5. The minimum Gasteiger partial charge on any atom is -0.508 e. The fourth-order valence-electron chi connectivity index (χ4n) is 6.64. The summed E-state index contributed by atoms with van der Waals surface area (Å²) < 4.78 is 7.37. The van der Waals surface area contributed by atoms with Gasteiger partial charge in [-0.3, -0.25) is 4.79 Å². The van der Waals surface area contributed by atoms with E-state index < -0.39 is 8.32 Å². The molecule has 3 aromatic rings. The van der Waals surface area contributed by atoms with Crippen molar-refractivity contribution < 1.29 is 14.3 Å². The van der Waals surface area contributed by atoms with E-state index in [0.717, 1.165) is 32.1 Å². The Bertz CT molecular complexity index is 1260. The van der Waals surface area contributed by atoms with E-state index in [0.29, 0.717) is 28.7 Å². The zero-order chi connectivity index (χ0) is 27.8. The molecule has 4 nitrogen and oxygen atoms in total. The van der Waals surface area contributed by atoms with E-state index >= 15 is 0 Å². The van der Waals surface area contributed by atoms with Gasteiger partial charge < -0.3 is 14.4 Å². The molecule has 0 aromatic heterocycles. The molecule has 2 aliphatic rings. The highest BCUT2D eigenvalue weighted by atomic mass is 35.5. The number of carbonyl (C=O) groups is 1. The second-order valence-electron chi connectivity index (χ2n) is 12.1. The molecule has 5 rings (SSSR count). The highest BCUT2D eigenvalue weighted by Gasteiger charge is 2.54. The SMILES string of the molecule is CC(C)(C)[Si](OC1CCC2(CC1)CCN(Cc1c(Cl)cc(O)cc1Cl)C2=O)(c1ccccc1)c1ccccc1. The maximum Gasteiger partial charge on any atom is 0.261 e. The molecule has 2 fully saturated rings. The molecule has 1 spiro atoms. The Kier molecular flexibility index (Phi) is 7.91. The molecule has 206 valence electrons. The molecular weight excluding hydrogens is 545 g/mol. The lowest BCUT2D eigenvalue weighted by molar-refractivity contribution is -0.139. The van der Waals surface area contributed by atoms with Gasteiger partial charge in [0.2, 0.25) is 5.91 Å². The first-order chi connectivity index (χ1) is 18.6. The molecule has 0 unspecified atom stereocenters. The molecule has 39 heavy (non-hydrogen) atoms. The van der Waals surface area contributed by atoms with Crippen LogP contribution in [0.1, 0.15) is 58.4 Å². The molecule has 0 radical (unpaired) electrons. The fourth-order valence-corrected chi connectivity index (χ4v) is 12.0. The Morgan fingerprint density at radius 1 is 0.923 bits per heavy atom. The van der Waals surface area contributed by atoms with Crippen LogP contribution in [0.2, 0.25) is 15.1 Å². The van der Waals surface area contributed by atoms with Crippen LogP contribution in [0, 0.1) is 5.41 Å². The van der Waals surface area contributed by atoms with Crippen molar-refractivity contribution in [2.24, 2.45) is 5.41 Å². The summed E-state index contributed by atoms with van der Waals surface area (Å²) >= 11 is 12.7. The van der Waals surface area contributed by atoms with Crippen molar-refractivity contribution in [3.8, 4) is 5.75 Å². The summed E-state index contributed by atoms with van der Waals surface area (Å²) in [5, 5.41) is 13.0. The van der Waals surface area contributed by atoms with Crippen LogP contribution in [0.5, 0.6) is 5.75 Å². The normalized spacial score (nSPS) is 22.0. The average molecular weight is 583 g/mol. The summed E-state index contributed by atoms with van der Waals surface area (Å²) in [6.07, 6.45) is 4.32. The molecule has 0 atom stereocenters. The first-order valence-electron chi connectivity index (χ1n) is 13.8. The second kappa shape index (κ2) is 10.9. The maximum atomic E-state index is 13.7. The van der Waals surface area contributed by atoms with Crippen LogP contribution in [-0.4, -0.2) is 36.9 Å². The van der Waals surface area contributed by atoms with Crippen LogP contribution in [0.3, 0.4) is 0 Å². The van der Waals surface area contributed by atoms with E-state index in [1.54, 1.807) is 0 Å². The number of halogens is 2. The number of nitrogens with zero attached hydrogens (tertiary/aromatic N) is 1. The molecule has 7 heteroatoms. The Balaban J connectivity index is 1.35. The van der Waals surface area contributed by atoms with Crippen molar-refractivity contribution in [2.75, 3.05) is 6.54 Å². The second-order valence-corrected chi connectivity index (χ2v) is 17.2. The molecule has 1 saturated carbocycles. The van der Waals surface area contributed by atoms with E-state index in [9.17, 15) is 9.90 Å². The van der Waals surface area contributed by atoms with E-state index in [-0.39, 0.29) is 28.2 Å². The number of amides is 1. The number of hydrogen-bond acceptors (Lipinski definition) is 3. The van der Waals surface area contributed by atoms with Gasteiger partial charge in [0, 0.05) is 24.8 Å². The number of phenolic OH excluding ortho intramolecular Hbond substituents is 1. The quantitative estimate of drug-likeness (QED) is 0.321. The topological polar surface area (TPSA) is 49.8 Å². The third-order valence-corrected chi connectivity index (χ3v) is 14.5. The molecule has 1 saturated heterocycles. The van der Waals surface area contributed by atoms with E-state index in [2.05, 4.69) is 81.4 Å². The zero-order valence-electron chi connectivity index (χ0n) is 22.9. The van der Waals surface area contributed by atoms with Crippen molar-refractivity contribution >= 4 is 47.8 Å². The molecule has 0 bridgehead atoms. The number of rotatable bonds is 6. The van der Waals surface area contributed by atoms with Gasteiger partial charge in [0.25, 0.3) is 8.32 Å². The Labute approximate surface area is 243 Å². The summed E-state index contributed by atoms with van der Waals surface area (Å²) in [5.74, 6) is 0.212. The van der Waals surface area contributed by atoms with Gasteiger partial charge in [-0.2, -0.15) is 0 Å². The number of benzene rings is 3. The van der Waals surface area contributed by atoms with Gasteiger partial charge in [0.15, 0.2) is 0 Å². The van der Waals surface area contributed by atoms with Crippen LogP contribution >= 0.6 is 23.2 Å². The number of aromatic hydroxyl groups is 1. The number of phenols is 1. The summed E-state index contributed by atoms with van der Waals surface area (Å²) in [7, 11) is -2.63. The van der Waals surface area contributed by atoms with Gasteiger partial charge >= 0.3 is 0 Å². The van der Waals surface area contributed by atoms with Crippen LogP contribution in [-0.2, 0) is 15.8 Å². The first kappa shape index (κ1) is 28.2. The average Bonchev–Trinajstić information content (AvgIpc) is 3.20. The molecule has 1 aliphatic heterocycles. The van der Waals surface area contributed by atoms with Gasteiger partial charge in [-0.25, -0.2) is 0 Å². The largest absolute Gasteiger partial charge is 0.508 e. The number of carbonyl (C=O) groups excluding carboxylic acids is 1. The summed E-state index contributed by atoms with van der Waals surface area (Å²) in [5.41, 5.74) is 0.339. The highest BCUT2D eigenvalue weighted by Crippen LogP contribution is 2.48. The van der Waals surface area contributed by atoms with Crippen molar-refractivity contribution in [2.45, 2.75) is 70.6 Å². The van der Waals surface area contributed by atoms with Gasteiger partial charge in [0.1, 0.15) is 5.75 Å². The molecule has 1 N–H and O–H groups in total. The van der Waals surface area contributed by atoms with Crippen LogP contribution < -0.4 is 10.4 Å². The van der Waals surface area contributed by atoms with Crippen LogP contribution in [0.4, 0.5) is 0 Å². The fraction of sp³-hybridized carbons (Fsp3) is 0.406. The van der Waals surface area contributed by atoms with E-state index in [1.807, 2.05) is 4.90 Å². The third-order valence-electron chi connectivity index (χ3n) is 8.73. The Morgan fingerprint density at radius 2 is 1.44 bits per heavy atom.